The summed E-state index contributed by atoms with van der Waals surface area (Å²) in [4.78, 5) is 4.14. The van der Waals surface area contributed by atoms with Crippen molar-refractivity contribution < 1.29 is 0 Å². The summed E-state index contributed by atoms with van der Waals surface area (Å²) in [5.41, 5.74) is 0. The number of nitrogens with zero attached hydrogens (tertiary/aromatic N) is 1. The van der Waals surface area contributed by atoms with Crippen molar-refractivity contribution in [1.29, 1.82) is 0 Å². The average molecular weight is 203 g/mol. The summed E-state index contributed by atoms with van der Waals surface area (Å²) in [5, 5.41) is 7.57. The van der Waals surface area contributed by atoms with E-state index < -0.39 is 0 Å². The van der Waals surface area contributed by atoms with Crippen LogP contribution in [-0.2, 0) is 0 Å². The van der Waals surface area contributed by atoms with Crippen LogP contribution >= 0.6 is 11.8 Å². The van der Waals surface area contributed by atoms with Gasteiger partial charge in [0.05, 0.1) is 0 Å². The second-order valence-electron chi connectivity index (χ2n) is 2.61. The van der Waals surface area contributed by atoms with Gasteiger partial charge in [-0.15, -0.1) is 0 Å². The zero-order valence-electron chi connectivity index (χ0n) is 8.89. The summed E-state index contributed by atoms with van der Waals surface area (Å²) in [5.74, 6) is 1.13. The predicted molar refractivity (Wildman–Crippen MR) is 62.7 cm³/mol. The second-order valence-corrected chi connectivity index (χ2v) is 3.70. The van der Waals surface area contributed by atoms with Crippen LogP contribution in [0.5, 0.6) is 0 Å². The minimum Gasteiger partial charge on any atom is -0.365 e. The lowest BCUT2D eigenvalue weighted by Gasteiger charge is -2.06. The minimum atomic E-state index is 0.951. The van der Waals surface area contributed by atoms with E-state index in [1.54, 1.807) is 11.8 Å². The molecule has 2 N–H and O–H groups in total. The SMILES string of the molecule is CCNCCCSC(=NC)NCC. The van der Waals surface area contributed by atoms with E-state index in [9.17, 15) is 0 Å². The molecule has 0 saturated heterocycles. The lowest BCUT2D eigenvalue weighted by Crippen LogP contribution is -2.21. The Morgan fingerprint density at radius 3 is 2.62 bits per heavy atom. The quantitative estimate of drug-likeness (QED) is 0.388. The van der Waals surface area contributed by atoms with Gasteiger partial charge in [-0.2, -0.15) is 0 Å². The van der Waals surface area contributed by atoms with Crippen molar-refractivity contribution in [3.8, 4) is 0 Å². The Hall–Kier alpha value is -0.220. The van der Waals surface area contributed by atoms with E-state index in [1.165, 1.54) is 6.42 Å². The molecule has 13 heavy (non-hydrogen) atoms. The molecule has 0 aliphatic carbocycles. The topological polar surface area (TPSA) is 36.4 Å². The van der Waals surface area contributed by atoms with E-state index in [0.29, 0.717) is 0 Å². The zero-order chi connectivity index (χ0) is 9.94. The van der Waals surface area contributed by atoms with E-state index in [1.807, 2.05) is 7.05 Å². The van der Waals surface area contributed by atoms with Crippen molar-refractivity contribution in [1.82, 2.24) is 10.6 Å². The van der Waals surface area contributed by atoms with Gasteiger partial charge in [0.15, 0.2) is 5.17 Å². The minimum absolute atomic E-state index is 0.951. The van der Waals surface area contributed by atoms with Gasteiger partial charge in [0.2, 0.25) is 0 Å². The smallest absolute Gasteiger partial charge is 0.156 e. The van der Waals surface area contributed by atoms with Crippen LogP contribution in [0, 0.1) is 0 Å². The van der Waals surface area contributed by atoms with Crippen LogP contribution in [0.1, 0.15) is 20.3 Å². The molecule has 78 valence electrons. The Bertz CT molecular complexity index is 137. The normalized spacial score (nSPS) is 11.8. The number of amidine groups is 1. The van der Waals surface area contributed by atoms with Crippen molar-refractivity contribution in [2.75, 3.05) is 32.4 Å². The molecule has 0 aliphatic heterocycles. The van der Waals surface area contributed by atoms with Gasteiger partial charge in [0, 0.05) is 19.3 Å². The predicted octanol–water partition coefficient (Wildman–Crippen LogP) is 1.31. The molecule has 0 unspecified atom stereocenters. The highest BCUT2D eigenvalue weighted by Gasteiger charge is 1.95. The molecule has 3 nitrogen and oxygen atoms in total. The van der Waals surface area contributed by atoms with Crippen molar-refractivity contribution in [2.24, 2.45) is 4.99 Å². The van der Waals surface area contributed by atoms with Crippen molar-refractivity contribution in [3.05, 3.63) is 0 Å². The largest absolute Gasteiger partial charge is 0.365 e. The Labute approximate surface area is 85.8 Å². The molecule has 0 spiro atoms. The summed E-state index contributed by atoms with van der Waals surface area (Å²) >= 11 is 1.80. The van der Waals surface area contributed by atoms with Crippen molar-refractivity contribution in [2.45, 2.75) is 20.3 Å². The Balaban J connectivity index is 3.29. The first-order valence-electron chi connectivity index (χ1n) is 4.89. The molecule has 0 aliphatic rings. The van der Waals surface area contributed by atoms with Gasteiger partial charge in [-0.3, -0.25) is 4.99 Å². The fraction of sp³-hybridized carbons (Fsp3) is 0.889. The fourth-order valence-corrected chi connectivity index (χ4v) is 1.75. The van der Waals surface area contributed by atoms with Gasteiger partial charge in [-0.05, 0) is 26.4 Å². The maximum atomic E-state index is 4.14. The van der Waals surface area contributed by atoms with Gasteiger partial charge < -0.3 is 10.6 Å². The molecule has 0 amide bonds. The Kier molecular flexibility index (Phi) is 9.70. The third kappa shape index (κ3) is 8.12. The number of thioether (sulfide) groups is 1. The van der Waals surface area contributed by atoms with Crippen molar-refractivity contribution in [3.63, 3.8) is 0 Å². The Morgan fingerprint density at radius 2 is 2.08 bits per heavy atom. The van der Waals surface area contributed by atoms with Crippen molar-refractivity contribution >= 4 is 16.9 Å². The van der Waals surface area contributed by atoms with Crippen LogP contribution in [0.3, 0.4) is 0 Å². The van der Waals surface area contributed by atoms with Crippen LogP contribution in [0.25, 0.3) is 0 Å². The van der Waals surface area contributed by atoms with Gasteiger partial charge in [-0.1, -0.05) is 18.7 Å². The molecular formula is C9H21N3S. The molecule has 0 bridgehead atoms. The number of hydrogen-bond donors (Lipinski definition) is 2. The average Bonchev–Trinajstić information content (AvgIpc) is 2.16. The molecule has 0 rings (SSSR count). The highest BCUT2D eigenvalue weighted by molar-refractivity contribution is 8.13. The molecule has 0 radical (unpaired) electrons. The summed E-state index contributed by atoms with van der Waals surface area (Å²) in [6.07, 6.45) is 1.20. The third-order valence-corrected chi connectivity index (χ3v) is 2.61. The zero-order valence-corrected chi connectivity index (χ0v) is 9.71. The monoisotopic (exact) mass is 203 g/mol. The lowest BCUT2D eigenvalue weighted by molar-refractivity contribution is 0.707. The van der Waals surface area contributed by atoms with Crippen LogP contribution < -0.4 is 10.6 Å². The van der Waals surface area contributed by atoms with Crippen LogP contribution in [0.2, 0.25) is 0 Å². The maximum Gasteiger partial charge on any atom is 0.156 e. The second kappa shape index (κ2) is 9.86. The maximum absolute atomic E-state index is 4.14. The molecule has 0 aromatic rings. The van der Waals surface area contributed by atoms with Gasteiger partial charge >= 0.3 is 0 Å². The standard InChI is InChI=1S/C9H21N3S/c1-4-11-7-6-8-13-9(10-3)12-5-2/h11H,4-8H2,1-3H3,(H,10,12). The van der Waals surface area contributed by atoms with E-state index in [2.05, 4.69) is 29.5 Å². The molecule has 4 heteroatoms. The molecule has 0 atom stereocenters. The molecule has 0 aromatic carbocycles. The van der Waals surface area contributed by atoms with Gasteiger partial charge in [0.25, 0.3) is 0 Å². The summed E-state index contributed by atoms with van der Waals surface area (Å²) in [6.45, 7) is 7.33. The number of rotatable bonds is 6. The van der Waals surface area contributed by atoms with Gasteiger partial charge in [0.1, 0.15) is 0 Å². The Morgan fingerprint density at radius 1 is 1.31 bits per heavy atom. The third-order valence-electron chi connectivity index (χ3n) is 1.52. The van der Waals surface area contributed by atoms with E-state index in [4.69, 9.17) is 0 Å². The summed E-state index contributed by atoms with van der Waals surface area (Å²) in [7, 11) is 1.83. The van der Waals surface area contributed by atoms with Gasteiger partial charge in [-0.25, -0.2) is 0 Å². The number of aliphatic imine (C=N–C) groups is 1. The van der Waals surface area contributed by atoms with Crippen LogP contribution in [-0.4, -0.2) is 37.6 Å². The van der Waals surface area contributed by atoms with E-state index in [0.717, 1.165) is 30.6 Å². The first-order valence-corrected chi connectivity index (χ1v) is 5.87. The first-order chi connectivity index (χ1) is 6.35. The molecular weight excluding hydrogens is 182 g/mol. The summed E-state index contributed by atoms with van der Waals surface area (Å²) < 4.78 is 0. The van der Waals surface area contributed by atoms with E-state index >= 15 is 0 Å². The van der Waals surface area contributed by atoms with Crippen LogP contribution in [0.4, 0.5) is 0 Å². The first kappa shape index (κ1) is 12.8. The fourth-order valence-electron chi connectivity index (χ4n) is 0.889. The molecule has 0 saturated carbocycles. The highest BCUT2D eigenvalue weighted by Crippen LogP contribution is 2.02. The molecule has 0 heterocycles. The molecule has 0 fully saturated rings. The van der Waals surface area contributed by atoms with E-state index in [-0.39, 0.29) is 0 Å². The highest BCUT2D eigenvalue weighted by atomic mass is 32.2. The number of nitrogens with one attached hydrogen (secondary N) is 2. The lowest BCUT2D eigenvalue weighted by atomic mass is 10.5. The summed E-state index contributed by atoms with van der Waals surface area (Å²) in [6, 6.07) is 0. The molecule has 0 aromatic heterocycles. The number of hydrogen-bond acceptors (Lipinski definition) is 3. The van der Waals surface area contributed by atoms with Crippen LogP contribution in [0.15, 0.2) is 4.99 Å².